The summed E-state index contributed by atoms with van der Waals surface area (Å²) in [4.78, 5) is 14.9. The van der Waals surface area contributed by atoms with Crippen LogP contribution in [-0.4, -0.2) is 31.0 Å². The van der Waals surface area contributed by atoms with Gasteiger partial charge in [0.2, 0.25) is 5.91 Å². The van der Waals surface area contributed by atoms with Gasteiger partial charge in [0.15, 0.2) is 0 Å². The van der Waals surface area contributed by atoms with E-state index in [2.05, 4.69) is 13.8 Å². The Balaban J connectivity index is 1.71. The largest absolute Gasteiger partial charge is 0.496 e. The number of halogens is 1. The standard InChI is InChI=1S/C26H28FNO3/c1-16-9-17(2)14-28(13-16)26(29)10-18(3)21-11-22-23(19-5-7-20(27)8-6-19)15-31-25(22)12-24(21)30-4/h5-8,10-12,15-17H,9,13-14H2,1-4H3/b18-10+. The number of amides is 1. The lowest BCUT2D eigenvalue weighted by Gasteiger charge is -2.34. The smallest absolute Gasteiger partial charge is 0.246 e. The second kappa shape index (κ2) is 8.58. The Morgan fingerprint density at radius 2 is 1.84 bits per heavy atom. The van der Waals surface area contributed by atoms with Crippen molar-refractivity contribution in [1.82, 2.24) is 4.90 Å². The second-order valence-corrected chi connectivity index (χ2v) is 8.72. The molecule has 0 spiro atoms. The quantitative estimate of drug-likeness (QED) is 0.474. The van der Waals surface area contributed by atoms with Gasteiger partial charge in [-0.05, 0) is 54.5 Å². The minimum absolute atomic E-state index is 0.0315. The lowest BCUT2D eigenvalue weighted by atomic mass is 9.91. The molecule has 1 aliphatic heterocycles. The molecule has 1 amide bonds. The Morgan fingerprint density at radius 1 is 1.16 bits per heavy atom. The Kier molecular flexibility index (Phi) is 5.86. The lowest BCUT2D eigenvalue weighted by Crippen LogP contribution is -2.41. The summed E-state index contributed by atoms with van der Waals surface area (Å²) >= 11 is 0. The molecule has 2 atom stereocenters. The third kappa shape index (κ3) is 4.36. The van der Waals surface area contributed by atoms with Gasteiger partial charge >= 0.3 is 0 Å². The maximum Gasteiger partial charge on any atom is 0.246 e. The van der Waals surface area contributed by atoms with Gasteiger partial charge in [0.25, 0.3) is 0 Å². The van der Waals surface area contributed by atoms with Gasteiger partial charge in [0, 0.05) is 41.7 Å². The number of hydrogen-bond acceptors (Lipinski definition) is 3. The van der Waals surface area contributed by atoms with Gasteiger partial charge < -0.3 is 14.1 Å². The molecule has 4 nitrogen and oxygen atoms in total. The fourth-order valence-corrected chi connectivity index (χ4v) is 4.58. The van der Waals surface area contributed by atoms with Crippen LogP contribution in [0.5, 0.6) is 5.75 Å². The van der Waals surface area contributed by atoms with Crippen LogP contribution in [0.1, 0.15) is 32.8 Å². The summed E-state index contributed by atoms with van der Waals surface area (Å²) in [5, 5.41) is 0.892. The average Bonchev–Trinajstić information content (AvgIpc) is 3.15. The number of hydrogen-bond donors (Lipinski definition) is 0. The van der Waals surface area contributed by atoms with E-state index in [-0.39, 0.29) is 11.7 Å². The summed E-state index contributed by atoms with van der Waals surface area (Å²) in [5.74, 6) is 1.42. The molecule has 1 aliphatic rings. The van der Waals surface area contributed by atoms with E-state index in [0.717, 1.165) is 47.2 Å². The molecule has 0 N–H and O–H groups in total. The number of nitrogens with zero attached hydrogens (tertiary/aromatic N) is 1. The first-order chi connectivity index (χ1) is 14.9. The van der Waals surface area contributed by atoms with E-state index in [1.807, 2.05) is 24.0 Å². The second-order valence-electron chi connectivity index (χ2n) is 8.72. The molecule has 1 fully saturated rings. The molecule has 0 radical (unpaired) electrons. The van der Waals surface area contributed by atoms with Crippen LogP contribution >= 0.6 is 0 Å². The molecule has 0 aliphatic carbocycles. The first-order valence-electron chi connectivity index (χ1n) is 10.7. The zero-order chi connectivity index (χ0) is 22.1. The van der Waals surface area contributed by atoms with Crippen molar-refractivity contribution in [3.05, 3.63) is 60.1 Å². The van der Waals surface area contributed by atoms with Crippen LogP contribution in [0.2, 0.25) is 0 Å². The first-order valence-corrected chi connectivity index (χ1v) is 10.7. The summed E-state index contributed by atoms with van der Waals surface area (Å²) in [7, 11) is 1.61. The van der Waals surface area contributed by atoms with Gasteiger partial charge in [0.05, 0.1) is 13.4 Å². The van der Waals surface area contributed by atoms with Crippen LogP contribution in [-0.2, 0) is 4.79 Å². The number of benzene rings is 2. The Hall–Kier alpha value is -3.08. The van der Waals surface area contributed by atoms with E-state index in [0.29, 0.717) is 23.2 Å². The Bertz CT molecular complexity index is 1120. The molecule has 31 heavy (non-hydrogen) atoms. The maximum absolute atomic E-state index is 13.4. The predicted molar refractivity (Wildman–Crippen MR) is 121 cm³/mol. The van der Waals surface area contributed by atoms with Crippen LogP contribution in [0.25, 0.3) is 27.7 Å². The summed E-state index contributed by atoms with van der Waals surface area (Å²) in [5.41, 5.74) is 4.09. The fraction of sp³-hybridized carbons (Fsp3) is 0.346. The van der Waals surface area contributed by atoms with Crippen molar-refractivity contribution in [3.63, 3.8) is 0 Å². The molecule has 0 bridgehead atoms. The highest BCUT2D eigenvalue weighted by molar-refractivity contribution is 6.00. The molecule has 1 saturated heterocycles. The van der Waals surface area contributed by atoms with Crippen LogP contribution in [0.4, 0.5) is 4.39 Å². The molecular weight excluding hydrogens is 393 g/mol. The van der Waals surface area contributed by atoms with Crippen LogP contribution < -0.4 is 4.74 Å². The molecule has 4 rings (SSSR count). The number of carbonyl (C=O) groups excluding carboxylic acids is 1. The maximum atomic E-state index is 13.4. The minimum Gasteiger partial charge on any atom is -0.496 e. The van der Waals surface area contributed by atoms with Crippen LogP contribution in [0, 0.1) is 17.7 Å². The highest BCUT2D eigenvalue weighted by Gasteiger charge is 2.24. The van der Waals surface area contributed by atoms with Gasteiger partial charge in [-0.25, -0.2) is 4.39 Å². The van der Waals surface area contributed by atoms with E-state index in [4.69, 9.17) is 9.15 Å². The number of piperidine rings is 1. The molecule has 0 saturated carbocycles. The summed E-state index contributed by atoms with van der Waals surface area (Å²) in [6, 6.07) is 10.1. The normalized spacial score (nSPS) is 19.6. The van der Waals surface area contributed by atoms with Gasteiger partial charge in [-0.2, -0.15) is 0 Å². The zero-order valence-corrected chi connectivity index (χ0v) is 18.4. The number of allylic oxidation sites excluding steroid dienone is 1. The number of furan rings is 1. The molecule has 3 aromatic rings. The van der Waals surface area contributed by atoms with Gasteiger partial charge in [-0.3, -0.25) is 4.79 Å². The van der Waals surface area contributed by atoms with Crippen LogP contribution in [0.3, 0.4) is 0 Å². The van der Waals surface area contributed by atoms with Crippen molar-refractivity contribution in [2.75, 3.05) is 20.2 Å². The number of fused-ring (bicyclic) bond motifs is 1. The van der Waals surface area contributed by atoms with Crippen molar-refractivity contribution in [2.24, 2.45) is 11.8 Å². The first kappa shape index (κ1) is 21.2. The van der Waals surface area contributed by atoms with E-state index in [9.17, 15) is 9.18 Å². The number of likely N-dealkylation sites (tertiary alicyclic amines) is 1. The van der Waals surface area contributed by atoms with E-state index in [1.165, 1.54) is 12.1 Å². The molecule has 2 unspecified atom stereocenters. The van der Waals surface area contributed by atoms with Gasteiger partial charge in [0.1, 0.15) is 17.1 Å². The van der Waals surface area contributed by atoms with E-state index < -0.39 is 0 Å². The lowest BCUT2D eigenvalue weighted by molar-refractivity contribution is -0.128. The highest BCUT2D eigenvalue weighted by Crippen LogP contribution is 2.37. The summed E-state index contributed by atoms with van der Waals surface area (Å²) < 4.78 is 24.7. The van der Waals surface area contributed by atoms with E-state index >= 15 is 0 Å². The predicted octanol–water partition coefficient (Wildman–Crippen LogP) is 6.16. The molecule has 162 valence electrons. The topological polar surface area (TPSA) is 42.7 Å². The van der Waals surface area contributed by atoms with Crippen molar-refractivity contribution in [1.29, 1.82) is 0 Å². The average molecular weight is 422 g/mol. The minimum atomic E-state index is -0.280. The molecule has 1 aromatic heterocycles. The number of ether oxygens (including phenoxy) is 1. The molecule has 5 heteroatoms. The van der Waals surface area contributed by atoms with Crippen molar-refractivity contribution in [3.8, 4) is 16.9 Å². The molecular formula is C26H28FNO3. The SMILES string of the molecule is COc1cc2occ(-c3ccc(F)cc3)c2cc1/C(C)=C/C(=O)N1CC(C)CC(C)C1. The summed E-state index contributed by atoms with van der Waals surface area (Å²) in [6.45, 7) is 7.90. The number of methoxy groups -OCH3 is 1. The van der Waals surface area contributed by atoms with Crippen molar-refractivity contribution in [2.45, 2.75) is 27.2 Å². The molecule has 2 aromatic carbocycles. The Labute approximate surface area is 182 Å². The zero-order valence-electron chi connectivity index (χ0n) is 18.4. The van der Waals surface area contributed by atoms with Gasteiger partial charge in [-0.15, -0.1) is 0 Å². The summed E-state index contributed by atoms with van der Waals surface area (Å²) in [6.07, 6.45) is 4.53. The van der Waals surface area contributed by atoms with Crippen LogP contribution in [0.15, 0.2) is 53.2 Å². The highest BCUT2D eigenvalue weighted by atomic mass is 19.1. The van der Waals surface area contributed by atoms with E-state index in [1.54, 1.807) is 31.6 Å². The number of carbonyl (C=O) groups is 1. The van der Waals surface area contributed by atoms with Gasteiger partial charge in [-0.1, -0.05) is 26.0 Å². The van der Waals surface area contributed by atoms with Crippen molar-refractivity contribution >= 4 is 22.4 Å². The molecule has 2 heterocycles. The Morgan fingerprint density at radius 3 is 2.48 bits per heavy atom. The third-order valence-corrected chi connectivity index (χ3v) is 6.00. The fourth-order valence-electron chi connectivity index (χ4n) is 4.58. The number of rotatable bonds is 4. The third-order valence-electron chi connectivity index (χ3n) is 6.00. The monoisotopic (exact) mass is 421 g/mol. The van der Waals surface area contributed by atoms with Crippen molar-refractivity contribution < 1.29 is 18.3 Å².